The zero-order valence-corrected chi connectivity index (χ0v) is 12.2. The van der Waals surface area contributed by atoms with Gasteiger partial charge in [-0.25, -0.2) is 0 Å². The maximum absolute atomic E-state index is 11.5. The van der Waals surface area contributed by atoms with E-state index in [9.17, 15) is 4.79 Å². The van der Waals surface area contributed by atoms with Crippen LogP contribution < -0.4 is 10.1 Å². The SMILES string of the molecule is CCOc1cccc(CNCC(=O)OC(C)(C)C)c1. The molecule has 0 fully saturated rings. The van der Waals surface area contributed by atoms with E-state index in [4.69, 9.17) is 9.47 Å². The fraction of sp³-hybridized carbons (Fsp3) is 0.533. The molecule has 0 saturated heterocycles. The zero-order valence-electron chi connectivity index (χ0n) is 12.2. The van der Waals surface area contributed by atoms with E-state index >= 15 is 0 Å². The minimum absolute atomic E-state index is 0.204. The van der Waals surface area contributed by atoms with Gasteiger partial charge in [0.05, 0.1) is 13.2 Å². The van der Waals surface area contributed by atoms with Gasteiger partial charge in [-0.1, -0.05) is 12.1 Å². The van der Waals surface area contributed by atoms with Gasteiger partial charge >= 0.3 is 5.97 Å². The Morgan fingerprint density at radius 3 is 2.68 bits per heavy atom. The van der Waals surface area contributed by atoms with Crippen molar-refractivity contribution in [2.24, 2.45) is 0 Å². The molecule has 106 valence electrons. The number of carbonyl (C=O) groups is 1. The summed E-state index contributed by atoms with van der Waals surface area (Å²) >= 11 is 0. The number of esters is 1. The van der Waals surface area contributed by atoms with Crippen LogP contribution in [0.15, 0.2) is 24.3 Å². The van der Waals surface area contributed by atoms with Gasteiger partial charge in [0.25, 0.3) is 0 Å². The van der Waals surface area contributed by atoms with Gasteiger partial charge in [-0.15, -0.1) is 0 Å². The Kier molecular flexibility index (Phi) is 5.83. The predicted molar refractivity (Wildman–Crippen MR) is 75.2 cm³/mol. The third kappa shape index (κ3) is 6.82. The molecule has 0 saturated carbocycles. The number of ether oxygens (including phenoxy) is 2. The Hall–Kier alpha value is -1.55. The molecule has 0 aliphatic carbocycles. The second-order valence-corrected chi connectivity index (χ2v) is 5.27. The topological polar surface area (TPSA) is 47.6 Å². The molecule has 4 nitrogen and oxygen atoms in total. The number of benzene rings is 1. The van der Waals surface area contributed by atoms with Crippen LogP contribution >= 0.6 is 0 Å². The number of nitrogens with one attached hydrogen (secondary N) is 1. The first-order valence-corrected chi connectivity index (χ1v) is 6.55. The standard InChI is InChI=1S/C15H23NO3/c1-5-18-13-8-6-7-12(9-13)10-16-11-14(17)19-15(2,3)4/h6-9,16H,5,10-11H2,1-4H3. The summed E-state index contributed by atoms with van der Waals surface area (Å²) in [7, 11) is 0. The average Bonchev–Trinajstić information content (AvgIpc) is 2.27. The molecule has 0 aliphatic rings. The quantitative estimate of drug-likeness (QED) is 0.803. The van der Waals surface area contributed by atoms with Crippen LogP contribution in [0.3, 0.4) is 0 Å². The van der Waals surface area contributed by atoms with Gasteiger partial charge in [-0.05, 0) is 45.4 Å². The van der Waals surface area contributed by atoms with Crippen LogP contribution in [0, 0.1) is 0 Å². The lowest BCUT2D eigenvalue weighted by molar-refractivity contribution is -0.153. The lowest BCUT2D eigenvalue weighted by atomic mass is 10.2. The summed E-state index contributed by atoms with van der Waals surface area (Å²) in [6, 6.07) is 7.81. The fourth-order valence-corrected chi connectivity index (χ4v) is 1.60. The second-order valence-electron chi connectivity index (χ2n) is 5.27. The largest absolute Gasteiger partial charge is 0.494 e. The normalized spacial score (nSPS) is 11.2. The highest BCUT2D eigenvalue weighted by atomic mass is 16.6. The number of hydrogen-bond acceptors (Lipinski definition) is 4. The van der Waals surface area contributed by atoms with Crippen LogP contribution in [0.1, 0.15) is 33.3 Å². The van der Waals surface area contributed by atoms with Crippen molar-refractivity contribution >= 4 is 5.97 Å². The van der Waals surface area contributed by atoms with Crippen LogP contribution in [-0.2, 0) is 16.1 Å². The molecule has 0 bridgehead atoms. The summed E-state index contributed by atoms with van der Waals surface area (Å²) in [5, 5.41) is 3.06. The number of carbonyl (C=O) groups excluding carboxylic acids is 1. The highest BCUT2D eigenvalue weighted by molar-refractivity contribution is 5.72. The van der Waals surface area contributed by atoms with Crippen molar-refractivity contribution in [3.63, 3.8) is 0 Å². The van der Waals surface area contributed by atoms with E-state index in [2.05, 4.69) is 5.32 Å². The molecule has 4 heteroatoms. The van der Waals surface area contributed by atoms with Crippen molar-refractivity contribution in [1.29, 1.82) is 0 Å². The van der Waals surface area contributed by atoms with Crippen molar-refractivity contribution in [3.05, 3.63) is 29.8 Å². The molecule has 1 rings (SSSR count). The molecular weight excluding hydrogens is 242 g/mol. The van der Waals surface area contributed by atoms with Gasteiger partial charge in [-0.3, -0.25) is 4.79 Å². The molecular formula is C15H23NO3. The summed E-state index contributed by atoms with van der Waals surface area (Å²) in [6.07, 6.45) is 0. The van der Waals surface area contributed by atoms with E-state index in [1.165, 1.54) is 0 Å². The minimum Gasteiger partial charge on any atom is -0.494 e. The number of rotatable bonds is 6. The van der Waals surface area contributed by atoms with Crippen molar-refractivity contribution in [1.82, 2.24) is 5.32 Å². The van der Waals surface area contributed by atoms with E-state index in [1.54, 1.807) is 0 Å². The first-order chi connectivity index (χ1) is 8.90. The first kappa shape index (κ1) is 15.5. The van der Waals surface area contributed by atoms with Gasteiger partial charge in [0.2, 0.25) is 0 Å². The van der Waals surface area contributed by atoms with Crippen molar-refractivity contribution in [2.75, 3.05) is 13.2 Å². The molecule has 1 aromatic carbocycles. The highest BCUT2D eigenvalue weighted by Crippen LogP contribution is 2.13. The zero-order chi connectivity index (χ0) is 14.3. The minimum atomic E-state index is -0.437. The molecule has 19 heavy (non-hydrogen) atoms. The molecule has 0 atom stereocenters. The van der Waals surface area contributed by atoms with Crippen LogP contribution in [0.4, 0.5) is 0 Å². The maximum atomic E-state index is 11.5. The summed E-state index contributed by atoms with van der Waals surface area (Å²) in [4.78, 5) is 11.5. The van der Waals surface area contributed by atoms with Crippen molar-refractivity contribution in [3.8, 4) is 5.75 Å². The molecule has 0 heterocycles. The lowest BCUT2D eigenvalue weighted by Gasteiger charge is -2.19. The summed E-state index contributed by atoms with van der Waals surface area (Å²) in [6.45, 7) is 8.99. The third-order valence-electron chi connectivity index (χ3n) is 2.23. The first-order valence-electron chi connectivity index (χ1n) is 6.55. The maximum Gasteiger partial charge on any atom is 0.320 e. The number of hydrogen-bond donors (Lipinski definition) is 1. The molecule has 0 unspecified atom stereocenters. The van der Waals surface area contributed by atoms with Crippen LogP contribution in [0.25, 0.3) is 0 Å². The monoisotopic (exact) mass is 265 g/mol. The van der Waals surface area contributed by atoms with Crippen molar-refractivity contribution < 1.29 is 14.3 Å². The lowest BCUT2D eigenvalue weighted by Crippen LogP contribution is -2.31. The molecule has 1 aromatic rings. The van der Waals surface area contributed by atoms with E-state index in [0.717, 1.165) is 11.3 Å². The smallest absolute Gasteiger partial charge is 0.320 e. The molecule has 0 aromatic heterocycles. The summed E-state index contributed by atoms with van der Waals surface area (Å²) in [5.41, 5.74) is 0.641. The molecule has 1 N–H and O–H groups in total. The molecule has 0 aliphatic heterocycles. The van der Waals surface area contributed by atoms with E-state index in [0.29, 0.717) is 13.2 Å². The Bertz CT molecular complexity index is 410. The van der Waals surface area contributed by atoms with E-state index in [-0.39, 0.29) is 12.5 Å². The molecule has 0 amide bonds. The van der Waals surface area contributed by atoms with Gasteiger partial charge in [-0.2, -0.15) is 0 Å². The highest BCUT2D eigenvalue weighted by Gasteiger charge is 2.15. The second kappa shape index (κ2) is 7.14. The Morgan fingerprint density at radius 2 is 2.05 bits per heavy atom. The van der Waals surface area contributed by atoms with E-state index in [1.807, 2.05) is 52.0 Å². The predicted octanol–water partition coefficient (Wildman–Crippen LogP) is 2.52. The summed E-state index contributed by atoms with van der Waals surface area (Å²) < 4.78 is 10.6. The summed E-state index contributed by atoms with van der Waals surface area (Å²) in [5.74, 6) is 0.604. The van der Waals surface area contributed by atoms with Crippen LogP contribution in [0.5, 0.6) is 5.75 Å². The molecule has 0 radical (unpaired) electrons. The third-order valence-corrected chi connectivity index (χ3v) is 2.23. The van der Waals surface area contributed by atoms with E-state index < -0.39 is 5.60 Å². The average molecular weight is 265 g/mol. The van der Waals surface area contributed by atoms with Gasteiger partial charge in [0.1, 0.15) is 11.4 Å². The van der Waals surface area contributed by atoms with Crippen LogP contribution in [-0.4, -0.2) is 24.7 Å². The van der Waals surface area contributed by atoms with Crippen LogP contribution in [0.2, 0.25) is 0 Å². The van der Waals surface area contributed by atoms with Gasteiger partial charge < -0.3 is 14.8 Å². The Balaban J connectivity index is 2.36. The van der Waals surface area contributed by atoms with Gasteiger partial charge in [0.15, 0.2) is 0 Å². The Morgan fingerprint density at radius 1 is 1.32 bits per heavy atom. The van der Waals surface area contributed by atoms with Crippen molar-refractivity contribution in [2.45, 2.75) is 39.8 Å². The Labute approximate surface area is 115 Å². The van der Waals surface area contributed by atoms with Gasteiger partial charge in [0, 0.05) is 6.54 Å². The molecule has 0 spiro atoms. The fourth-order valence-electron chi connectivity index (χ4n) is 1.60.